The van der Waals surface area contributed by atoms with E-state index < -0.39 is 59.6 Å². The van der Waals surface area contributed by atoms with Gasteiger partial charge in [-0.3, -0.25) is 10.1 Å². The van der Waals surface area contributed by atoms with Crippen molar-refractivity contribution >= 4 is 11.6 Å². The van der Waals surface area contributed by atoms with Crippen molar-refractivity contribution in [2.45, 2.75) is 56.8 Å². The van der Waals surface area contributed by atoms with E-state index in [1.807, 2.05) is 0 Å². The average molecular weight is 607 g/mol. The number of pyridine rings is 1. The van der Waals surface area contributed by atoms with Gasteiger partial charge in [-0.2, -0.15) is 13.2 Å². The molecule has 0 unspecified atom stereocenters. The molecule has 1 saturated heterocycles. The molecular weight excluding hydrogens is 585 g/mol. The summed E-state index contributed by atoms with van der Waals surface area (Å²) in [6.45, 7) is 3.00. The molecule has 1 aromatic heterocycles. The van der Waals surface area contributed by atoms with Crippen molar-refractivity contribution in [3.8, 4) is 11.5 Å². The van der Waals surface area contributed by atoms with Gasteiger partial charge >= 0.3 is 18.9 Å². The van der Waals surface area contributed by atoms with Crippen LogP contribution in [0.25, 0.3) is 0 Å². The number of amides is 1. The lowest BCUT2D eigenvalue weighted by atomic mass is 9.96. The summed E-state index contributed by atoms with van der Waals surface area (Å²) in [5, 5.41) is 2.99. The van der Waals surface area contributed by atoms with Crippen LogP contribution in [-0.2, 0) is 16.5 Å². The molecule has 42 heavy (non-hydrogen) atoms. The summed E-state index contributed by atoms with van der Waals surface area (Å²) in [4.78, 5) is 18.6. The smallest absolute Gasteiger partial charge is 0.406 e. The number of nitrogens with zero attached hydrogens (tertiary/aromatic N) is 2. The van der Waals surface area contributed by atoms with Gasteiger partial charge in [-0.1, -0.05) is 18.2 Å². The Balaban J connectivity index is 1.69. The Kier molecular flexibility index (Phi) is 8.10. The van der Waals surface area contributed by atoms with Crippen LogP contribution in [0, 0.1) is 0 Å². The lowest BCUT2D eigenvalue weighted by Crippen LogP contribution is -2.48. The van der Waals surface area contributed by atoms with Crippen molar-refractivity contribution in [3.05, 3.63) is 83.7 Å². The van der Waals surface area contributed by atoms with E-state index in [0.29, 0.717) is 0 Å². The van der Waals surface area contributed by atoms with E-state index >= 15 is 0 Å². The molecule has 1 N–H and O–H groups in total. The van der Waals surface area contributed by atoms with Gasteiger partial charge in [0.25, 0.3) is 0 Å². The highest BCUT2D eigenvalue weighted by atomic mass is 19.4. The van der Waals surface area contributed by atoms with Crippen LogP contribution in [-0.4, -0.2) is 29.7 Å². The molecule has 3 aromatic rings. The SMILES string of the molecule is CC(C)(N[C@@H]1C[C@H](c2cccc(OC(F)(F)F)c2)N(c2ccc(OC(F)(F)F)cc2)C1=O)c1cccc(C(F)(F)F)n1. The second-order valence-corrected chi connectivity index (χ2v) is 9.85. The third kappa shape index (κ3) is 7.43. The lowest BCUT2D eigenvalue weighted by molar-refractivity contribution is -0.275. The first-order valence-corrected chi connectivity index (χ1v) is 12.2. The Bertz CT molecular complexity index is 1420. The van der Waals surface area contributed by atoms with Crippen LogP contribution in [0.5, 0.6) is 11.5 Å². The van der Waals surface area contributed by atoms with E-state index in [-0.39, 0.29) is 23.4 Å². The number of halogens is 9. The van der Waals surface area contributed by atoms with Gasteiger partial charge in [0.2, 0.25) is 5.91 Å². The Morgan fingerprint density at radius 1 is 0.786 bits per heavy atom. The third-order valence-corrected chi connectivity index (χ3v) is 6.35. The largest absolute Gasteiger partial charge is 0.573 e. The normalized spacial score (nSPS) is 18.4. The molecule has 2 aromatic carbocycles. The second-order valence-electron chi connectivity index (χ2n) is 9.85. The van der Waals surface area contributed by atoms with Crippen molar-refractivity contribution in [3.63, 3.8) is 0 Å². The van der Waals surface area contributed by atoms with Gasteiger partial charge in [-0.05, 0) is 74.4 Å². The van der Waals surface area contributed by atoms with Crippen LogP contribution >= 0.6 is 0 Å². The summed E-state index contributed by atoms with van der Waals surface area (Å²) < 4.78 is 124. The fraction of sp³-hybridized carbons (Fsp3) is 0.333. The maximum Gasteiger partial charge on any atom is 0.573 e. The minimum absolute atomic E-state index is 0.0330. The molecule has 226 valence electrons. The number of alkyl halides is 9. The van der Waals surface area contributed by atoms with Crippen LogP contribution in [0.4, 0.5) is 45.2 Å². The van der Waals surface area contributed by atoms with Gasteiger partial charge in [0.1, 0.15) is 17.2 Å². The van der Waals surface area contributed by atoms with Crippen molar-refractivity contribution in [1.29, 1.82) is 0 Å². The number of aromatic nitrogens is 1. The van der Waals surface area contributed by atoms with E-state index in [1.54, 1.807) is 0 Å². The summed E-state index contributed by atoms with van der Waals surface area (Å²) >= 11 is 0. The number of hydrogen-bond donors (Lipinski definition) is 1. The van der Waals surface area contributed by atoms with Crippen LogP contribution in [0.2, 0.25) is 0 Å². The van der Waals surface area contributed by atoms with Crippen LogP contribution in [0.15, 0.2) is 66.7 Å². The summed E-state index contributed by atoms with van der Waals surface area (Å²) in [7, 11) is 0. The molecule has 0 radical (unpaired) electrons. The minimum atomic E-state index is -5.00. The first-order valence-electron chi connectivity index (χ1n) is 12.2. The zero-order chi connectivity index (χ0) is 31.1. The van der Waals surface area contributed by atoms with Crippen LogP contribution < -0.4 is 19.7 Å². The lowest BCUT2D eigenvalue weighted by Gasteiger charge is -2.29. The van der Waals surface area contributed by atoms with Gasteiger partial charge in [0.05, 0.1) is 23.3 Å². The maximum atomic E-state index is 13.7. The number of carbonyl (C=O) groups is 1. The van der Waals surface area contributed by atoms with Crippen LogP contribution in [0.1, 0.15) is 43.3 Å². The topological polar surface area (TPSA) is 63.7 Å². The first kappa shape index (κ1) is 30.9. The van der Waals surface area contributed by atoms with E-state index in [4.69, 9.17) is 0 Å². The highest BCUT2D eigenvalue weighted by molar-refractivity contribution is 6.00. The second kappa shape index (κ2) is 11.0. The molecule has 0 bridgehead atoms. The molecule has 0 spiro atoms. The number of nitrogens with one attached hydrogen (secondary N) is 1. The molecule has 0 aliphatic carbocycles. The van der Waals surface area contributed by atoms with E-state index in [9.17, 15) is 44.3 Å². The predicted octanol–water partition coefficient (Wildman–Crippen LogP) is 7.27. The zero-order valence-electron chi connectivity index (χ0n) is 21.7. The molecule has 2 atom stereocenters. The fourth-order valence-corrected chi connectivity index (χ4v) is 4.64. The van der Waals surface area contributed by atoms with E-state index in [0.717, 1.165) is 36.4 Å². The molecule has 6 nitrogen and oxygen atoms in total. The summed E-state index contributed by atoms with van der Waals surface area (Å²) in [6.07, 6.45) is -14.8. The monoisotopic (exact) mass is 607 g/mol. The van der Waals surface area contributed by atoms with Crippen molar-refractivity contribution < 1.29 is 53.8 Å². The number of hydrogen-bond acceptors (Lipinski definition) is 5. The molecule has 0 saturated carbocycles. The maximum absolute atomic E-state index is 13.7. The molecule has 2 heterocycles. The predicted molar refractivity (Wildman–Crippen MR) is 130 cm³/mol. The highest BCUT2D eigenvalue weighted by Crippen LogP contribution is 2.41. The third-order valence-electron chi connectivity index (χ3n) is 6.35. The fourth-order valence-electron chi connectivity index (χ4n) is 4.64. The average Bonchev–Trinajstić information content (AvgIpc) is 3.17. The minimum Gasteiger partial charge on any atom is -0.406 e. The summed E-state index contributed by atoms with van der Waals surface area (Å²) in [5.41, 5.74) is -2.17. The highest BCUT2D eigenvalue weighted by Gasteiger charge is 2.44. The molecule has 1 fully saturated rings. The number of ether oxygens (including phenoxy) is 2. The van der Waals surface area contributed by atoms with Crippen LogP contribution in [0.3, 0.4) is 0 Å². The van der Waals surface area contributed by atoms with Crippen molar-refractivity contribution in [1.82, 2.24) is 10.3 Å². The molecule has 1 aliphatic rings. The molecule has 1 aliphatic heterocycles. The van der Waals surface area contributed by atoms with Gasteiger partial charge in [0.15, 0.2) is 0 Å². The standard InChI is InChI=1S/C27H22F9N3O3/c1-24(2,21-7-4-8-22(37-21)25(28,29)30)38-19-14-20(15-5-3-6-18(13-15)42-27(34,35)36)39(23(19)40)16-9-11-17(12-10-16)41-26(31,32)33/h3-13,19-20,38H,14H2,1-2H3/t19-,20-/m1/s1. The summed E-state index contributed by atoms with van der Waals surface area (Å²) in [5.74, 6) is -1.76. The van der Waals surface area contributed by atoms with Gasteiger partial charge in [0, 0.05) is 5.69 Å². The van der Waals surface area contributed by atoms with Crippen molar-refractivity contribution in [2.24, 2.45) is 0 Å². The molecule has 1 amide bonds. The quantitative estimate of drug-likeness (QED) is 0.287. The van der Waals surface area contributed by atoms with Crippen molar-refractivity contribution in [2.75, 3.05) is 4.90 Å². The van der Waals surface area contributed by atoms with E-state index in [1.165, 1.54) is 49.1 Å². The number of benzene rings is 2. The number of carbonyl (C=O) groups excluding carboxylic acids is 1. The Labute approximate surface area is 233 Å². The number of anilines is 1. The van der Waals surface area contributed by atoms with Gasteiger partial charge in [-0.25, -0.2) is 4.98 Å². The Hall–Kier alpha value is -4.01. The summed E-state index contributed by atoms with van der Waals surface area (Å²) in [6, 6.07) is 10.4. The van der Waals surface area contributed by atoms with Gasteiger partial charge in [-0.15, -0.1) is 26.3 Å². The van der Waals surface area contributed by atoms with E-state index in [2.05, 4.69) is 19.8 Å². The zero-order valence-corrected chi connectivity index (χ0v) is 21.7. The molecular formula is C27H22F9N3O3. The number of rotatable bonds is 7. The Morgan fingerprint density at radius 3 is 1.95 bits per heavy atom. The first-order chi connectivity index (χ1) is 19.3. The molecule has 15 heteroatoms. The van der Waals surface area contributed by atoms with Gasteiger partial charge < -0.3 is 14.4 Å². The Morgan fingerprint density at radius 2 is 1.36 bits per heavy atom. The molecule has 4 rings (SSSR count).